The maximum atomic E-state index is 11.3. The lowest BCUT2D eigenvalue weighted by molar-refractivity contribution is -0.116. The molecule has 102 valence electrons. The Morgan fingerprint density at radius 1 is 1.35 bits per heavy atom. The number of nitrogens with one attached hydrogen (secondary N) is 2. The van der Waals surface area contributed by atoms with Crippen LogP contribution in [0.2, 0.25) is 0 Å². The Labute approximate surface area is 114 Å². The van der Waals surface area contributed by atoms with Gasteiger partial charge in [-0.2, -0.15) is 0 Å². The molecule has 0 bridgehead atoms. The Bertz CT molecular complexity index is 718. The normalized spacial score (nSPS) is 13.8. The molecule has 1 aliphatic rings. The molecule has 3 N–H and O–H groups in total. The number of aromatic nitrogens is 2. The minimum Gasteiger partial charge on any atom is -0.477 e. The Balaban J connectivity index is 2.08. The molecule has 0 radical (unpaired) electrons. The number of fused-ring (bicyclic) bond motifs is 1. The Hall–Kier alpha value is -2.63. The zero-order valence-electron chi connectivity index (χ0n) is 10.9. The monoisotopic (exact) mass is 271 g/mol. The van der Waals surface area contributed by atoms with E-state index in [2.05, 4.69) is 15.3 Å². The highest BCUT2D eigenvalue weighted by Crippen LogP contribution is 2.29. The van der Waals surface area contributed by atoms with Crippen LogP contribution in [-0.2, 0) is 11.2 Å². The fraction of sp³-hybridized carbons (Fsp3) is 0.214. The molecule has 2 heterocycles. The molecule has 0 spiro atoms. The largest absolute Gasteiger partial charge is 0.477 e. The van der Waals surface area contributed by atoms with Crippen molar-refractivity contribution in [1.29, 1.82) is 0 Å². The van der Waals surface area contributed by atoms with E-state index in [9.17, 15) is 14.7 Å². The van der Waals surface area contributed by atoms with Crippen molar-refractivity contribution in [1.82, 2.24) is 9.97 Å². The van der Waals surface area contributed by atoms with Crippen LogP contribution in [0.5, 0.6) is 0 Å². The third-order valence-electron chi connectivity index (χ3n) is 3.31. The first-order valence-electron chi connectivity index (χ1n) is 6.27. The third-order valence-corrected chi connectivity index (χ3v) is 3.31. The molecular formula is C14H13N3O3. The molecule has 0 saturated carbocycles. The van der Waals surface area contributed by atoms with Gasteiger partial charge in [0.1, 0.15) is 11.5 Å². The quantitative estimate of drug-likeness (QED) is 0.778. The van der Waals surface area contributed by atoms with Gasteiger partial charge in [-0.3, -0.25) is 4.79 Å². The first kappa shape index (κ1) is 12.4. The summed E-state index contributed by atoms with van der Waals surface area (Å²) in [6.07, 6.45) is 1.10. The molecule has 1 amide bonds. The maximum absolute atomic E-state index is 11.3. The van der Waals surface area contributed by atoms with Gasteiger partial charge in [-0.15, -0.1) is 0 Å². The maximum Gasteiger partial charge on any atom is 0.354 e. The molecule has 0 aliphatic carbocycles. The molecule has 1 aromatic carbocycles. The van der Waals surface area contributed by atoms with Crippen LogP contribution in [0.25, 0.3) is 11.3 Å². The van der Waals surface area contributed by atoms with Crippen molar-refractivity contribution in [3.8, 4) is 11.3 Å². The van der Waals surface area contributed by atoms with Gasteiger partial charge in [0.05, 0.1) is 0 Å². The second-order valence-electron chi connectivity index (χ2n) is 4.77. The number of nitrogens with zero attached hydrogens (tertiary/aromatic N) is 1. The van der Waals surface area contributed by atoms with E-state index in [1.807, 2.05) is 6.07 Å². The number of carboxylic acids is 1. The molecule has 1 aliphatic heterocycles. The topological polar surface area (TPSA) is 95.1 Å². The second kappa shape index (κ2) is 4.48. The summed E-state index contributed by atoms with van der Waals surface area (Å²) < 4.78 is 0. The van der Waals surface area contributed by atoms with Crippen LogP contribution in [-0.4, -0.2) is 27.0 Å². The number of rotatable bonds is 2. The molecule has 6 heteroatoms. The number of aromatic amines is 1. The zero-order valence-corrected chi connectivity index (χ0v) is 10.9. The second-order valence-corrected chi connectivity index (χ2v) is 4.77. The van der Waals surface area contributed by atoms with E-state index in [4.69, 9.17) is 0 Å². The van der Waals surface area contributed by atoms with Crippen LogP contribution in [0.4, 0.5) is 5.69 Å². The average Bonchev–Trinajstić information content (AvgIpc) is 2.80. The Morgan fingerprint density at radius 3 is 2.90 bits per heavy atom. The molecular weight excluding hydrogens is 258 g/mol. The Morgan fingerprint density at radius 2 is 2.15 bits per heavy atom. The van der Waals surface area contributed by atoms with Gasteiger partial charge >= 0.3 is 5.97 Å². The number of hydrogen-bond donors (Lipinski definition) is 3. The van der Waals surface area contributed by atoms with Crippen LogP contribution in [0, 0.1) is 6.92 Å². The summed E-state index contributed by atoms with van der Waals surface area (Å²) >= 11 is 0. The number of H-pyrrole nitrogens is 1. The first-order valence-corrected chi connectivity index (χ1v) is 6.27. The van der Waals surface area contributed by atoms with E-state index in [-0.39, 0.29) is 11.6 Å². The molecule has 1 aromatic heterocycles. The number of hydrogen-bond acceptors (Lipinski definition) is 3. The van der Waals surface area contributed by atoms with Crippen molar-refractivity contribution in [3.05, 3.63) is 35.3 Å². The van der Waals surface area contributed by atoms with Crippen molar-refractivity contribution in [2.24, 2.45) is 0 Å². The van der Waals surface area contributed by atoms with Gasteiger partial charge in [-0.25, -0.2) is 9.78 Å². The highest BCUT2D eigenvalue weighted by Gasteiger charge is 2.19. The van der Waals surface area contributed by atoms with Crippen LogP contribution in [0.3, 0.4) is 0 Å². The van der Waals surface area contributed by atoms with Gasteiger partial charge in [0, 0.05) is 17.7 Å². The minimum atomic E-state index is -1.04. The van der Waals surface area contributed by atoms with Gasteiger partial charge in [0.2, 0.25) is 5.91 Å². The Kier molecular flexibility index (Phi) is 2.78. The smallest absolute Gasteiger partial charge is 0.354 e. The first-order chi connectivity index (χ1) is 9.54. The highest BCUT2D eigenvalue weighted by molar-refractivity contribution is 5.96. The highest BCUT2D eigenvalue weighted by atomic mass is 16.4. The molecule has 0 unspecified atom stereocenters. The van der Waals surface area contributed by atoms with Crippen molar-refractivity contribution in [3.63, 3.8) is 0 Å². The number of carboxylic acid groups (broad SMARTS) is 1. The molecule has 3 rings (SSSR count). The van der Waals surface area contributed by atoms with Gasteiger partial charge < -0.3 is 15.4 Å². The van der Waals surface area contributed by atoms with Crippen molar-refractivity contribution in [2.75, 3.05) is 5.32 Å². The summed E-state index contributed by atoms with van der Waals surface area (Å²) in [5.74, 6) is -0.470. The molecule has 2 aromatic rings. The lowest BCUT2D eigenvalue weighted by atomic mass is 9.98. The standard InChI is InChI=1S/C14H13N3O3/c1-7-15-12(13(16-7)14(19)20)9-2-4-10-8(6-9)3-5-11(18)17-10/h2,4,6H,3,5H2,1H3,(H,15,16)(H,17,18)(H,19,20). The van der Waals surface area contributed by atoms with Crippen LogP contribution in [0.1, 0.15) is 28.3 Å². The third kappa shape index (κ3) is 2.05. The van der Waals surface area contributed by atoms with Crippen LogP contribution >= 0.6 is 0 Å². The van der Waals surface area contributed by atoms with Gasteiger partial charge in [-0.1, -0.05) is 6.07 Å². The number of carbonyl (C=O) groups is 2. The lowest BCUT2D eigenvalue weighted by Crippen LogP contribution is -2.18. The number of anilines is 1. The summed E-state index contributed by atoms with van der Waals surface area (Å²) in [5.41, 5.74) is 3.03. The average molecular weight is 271 g/mol. The van der Waals surface area contributed by atoms with E-state index < -0.39 is 5.97 Å². The summed E-state index contributed by atoms with van der Waals surface area (Å²) in [5, 5.41) is 12.0. The molecule has 20 heavy (non-hydrogen) atoms. The van der Waals surface area contributed by atoms with Crippen LogP contribution in [0.15, 0.2) is 18.2 Å². The van der Waals surface area contributed by atoms with Gasteiger partial charge in [0.25, 0.3) is 0 Å². The van der Waals surface area contributed by atoms with Crippen LogP contribution < -0.4 is 5.32 Å². The number of benzene rings is 1. The lowest BCUT2D eigenvalue weighted by Gasteiger charge is -2.17. The molecule has 6 nitrogen and oxygen atoms in total. The summed E-state index contributed by atoms with van der Waals surface area (Å²) in [6.45, 7) is 1.72. The fourth-order valence-electron chi connectivity index (χ4n) is 2.39. The summed E-state index contributed by atoms with van der Waals surface area (Å²) in [6, 6.07) is 5.45. The molecule has 0 saturated heterocycles. The zero-order chi connectivity index (χ0) is 14.3. The van der Waals surface area contributed by atoms with E-state index in [0.29, 0.717) is 24.4 Å². The number of aromatic carboxylic acids is 1. The van der Waals surface area contributed by atoms with Gasteiger partial charge in [-0.05, 0) is 31.0 Å². The number of amides is 1. The van der Waals surface area contributed by atoms with E-state index >= 15 is 0 Å². The molecule has 0 atom stereocenters. The van der Waals surface area contributed by atoms with Gasteiger partial charge in [0.15, 0.2) is 5.69 Å². The fourth-order valence-corrected chi connectivity index (χ4v) is 2.39. The van der Waals surface area contributed by atoms with Crippen molar-refractivity contribution < 1.29 is 14.7 Å². The minimum absolute atomic E-state index is 0.00656. The van der Waals surface area contributed by atoms with Crippen molar-refractivity contribution in [2.45, 2.75) is 19.8 Å². The predicted molar refractivity (Wildman–Crippen MR) is 72.7 cm³/mol. The van der Waals surface area contributed by atoms with Crippen molar-refractivity contribution >= 4 is 17.6 Å². The predicted octanol–water partition coefficient (Wildman–Crippen LogP) is 1.97. The molecule has 0 fully saturated rings. The van der Waals surface area contributed by atoms with E-state index in [1.165, 1.54) is 0 Å². The number of aryl methyl sites for hydroxylation is 2. The summed E-state index contributed by atoms with van der Waals surface area (Å²) in [4.78, 5) is 29.5. The number of imidazole rings is 1. The number of carbonyl (C=O) groups excluding carboxylic acids is 1. The van der Waals surface area contributed by atoms with E-state index in [0.717, 1.165) is 16.8 Å². The SMILES string of the molecule is Cc1nc(-c2ccc3c(c2)CCC(=O)N3)c(C(=O)O)[nH]1. The van der Waals surface area contributed by atoms with E-state index in [1.54, 1.807) is 19.1 Å². The summed E-state index contributed by atoms with van der Waals surface area (Å²) in [7, 11) is 0.